The summed E-state index contributed by atoms with van der Waals surface area (Å²) in [6.07, 6.45) is -4.54. The molecule has 0 amide bonds. The molecule has 0 aliphatic carbocycles. The van der Waals surface area contributed by atoms with E-state index in [0.29, 0.717) is 0 Å². The van der Waals surface area contributed by atoms with Crippen molar-refractivity contribution in [3.8, 4) is 17.2 Å². The van der Waals surface area contributed by atoms with Crippen molar-refractivity contribution in [1.82, 2.24) is 0 Å². The summed E-state index contributed by atoms with van der Waals surface area (Å²) in [5.74, 6) is -0.422. The monoisotopic (exact) mass is 236 g/mol. The minimum absolute atomic E-state index is 0.238. The molecule has 0 fully saturated rings. The Morgan fingerprint density at radius 3 is 1.56 bits per heavy atom. The number of rotatable bonds is 3. The molecule has 1 aromatic carbocycles. The SMILES string of the molecule is COc1cc(OC)c(C(F)(F)F)c(OC)c1. The molecule has 0 N–H and O–H groups in total. The van der Waals surface area contributed by atoms with Crippen LogP contribution in [0.5, 0.6) is 17.2 Å². The summed E-state index contributed by atoms with van der Waals surface area (Å²) in [5, 5.41) is 0. The normalized spacial score (nSPS) is 11.1. The number of methoxy groups -OCH3 is 3. The van der Waals surface area contributed by atoms with Gasteiger partial charge in [-0.05, 0) is 0 Å². The number of ether oxygens (including phenoxy) is 3. The second kappa shape index (κ2) is 4.51. The molecule has 0 heterocycles. The fourth-order valence-electron chi connectivity index (χ4n) is 1.29. The van der Waals surface area contributed by atoms with E-state index >= 15 is 0 Å². The summed E-state index contributed by atoms with van der Waals surface area (Å²) >= 11 is 0. The van der Waals surface area contributed by atoms with Crippen molar-refractivity contribution in [2.45, 2.75) is 6.18 Å². The van der Waals surface area contributed by atoms with Crippen LogP contribution in [0.1, 0.15) is 5.56 Å². The van der Waals surface area contributed by atoms with Crippen molar-refractivity contribution in [3.05, 3.63) is 17.7 Å². The predicted octanol–water partition coefficient (Wildman–Crippen LogP) is 2.73. The van der Waals surface area contributed by atoms with Crippen LogP contribution in [-0.4, -0.2) is 21.3 Å². The van der Waals surface area contributed by atoms with Crippen LogP contribution in [0.4, 0.5) is 13.2 Å². The van der Waals surface area contributed by atoms with E-state index in [1.54, 1.807) is 0 Å². The Hall–Kier alpha value is -1.59. The van der Waals surface area contributed by atoms with Crippen molar-refractivity contribution < 1.29 is 27.4 Å². The maximum Gasteiger partial charge on any atom is 0.423 e. The van der Waals surface area contributed by atoms with E-state index in [4.69, 9.17) is 4.74 Å². The maximum absolute atomic E-state index is 12.7. The quantitative estimate of drug-likeness (QED) is 0.807. The highest BCUT2D eigenvalue weighted by atomic mass is 19.4. The van der Waals surface area contributed by atoms with Crippen molar-refractivity contribution in [3.63, 3.8) is 0 Å². The molecule has 1 aromatic rings. The number of hydrogen-bond acceptors (Lipinski definition) is 3. The molecule has 16 heavy (non-hydrogen) atoms. The number of alkyl halides is 3. The molecule has 90 valence electrons. The first-order valence-corrected chi connectivity index (χ1v) is 4.31. The van der Waals surface area contributed by atoms with E-state index in [-0.39, 0.29) is 17.2 Å². The molecule has 1 rings (SSSR count). The van der Waals surface area contributed by atoms with E-state index < -0.39 is 11.7 Å². The van der Waals surface area contributed by atoms with Crippen LogP contribution in [0.15, 0.2) is 12.1 Å². The lowest BCUT2D eigenvalue weighted by Crippen LogP contribution is -2.10. The third-order valence-electron chi connectivity index (χ3n) is 2.00. The second-order valence-corrected chi connectivity index (χ2v) is 2.90. The fourth-order valence-corrected chi connectivity index (χ4v) is 1.29. The lowest BCUT2D eigenvalue weighted by Gasteiger charge is -2.16. The van der Waals surface area contributed by atoms with Crippen LogP contribution < -0.4 is 14.2 Å². The summed E-state index contributed by atoms with van der Waals surface area (Å²) in [5.41, 5.74) is -0.946. The fraction of sp³-hybridized carbons (Fsp3) is 0.400. The van der Waals surface area contributed by atoms with Crippen LogP contribution in [0, 0.1) is 0 Å². The van der Waals surface area contributed by atoms with Gasteiger partial charge >= 0.3 is 6.18 Å². The van der Waals surface area contributed by atoms with Crippen molar-refractivity contribution >= 4 is 0 Å². The molecule has 0 atom stereocenters. The lowest BCUT2D eigenvalue weighted by molar-refractivity contribution is -0.139. The van der Waals surface area contributed by atoms with Gasteiger partial charge < -0.3 is 14.2 Å². The first kappa shape index (κ1) is 12.5. The Kier molecular flexibility index (Phi) is 3.51. The average Bonchev–Trinajstić information content (AvgIpc) is 2.25. The number of benzene rings is 1. The molecule has 0 radical (unpaired) electrons. The Balaban J connectivity index is 3.44. The van der Waals surface area contributed by atoms with Gasteiger partial charge in [-0.25, -0.2) is 0 Å². The molecule has 6 heteroatoms. The highest BCUT2D eigenvalue weighted by Crippen LogP contribution is 2.44. The molecular formula is C10H11F3O3. The summed E-state index contributed by atoms with van der Waals surface area (Å²) < 4.78 is 52.3. The lowest BCUT2D eigenvalue weighted by atomic mass is 10.1. The molecule has 0 aliphatic heterocycles. The predicted molar refractivity (Wildman–Crippen MR) is 51.1 cm³/mol. The van der Waals surface area contributed by atoms with E-state index in [9.17, 15) is 13.2 Å². The summed E-state index contributed by atoms with van der Waals surface area (Å²) in [6, 6.07) is 2.32. The standard InChI is InChI=1S/C10H11F3O3/c1-14-6-4-7(15-2)9(10(11,12)13)8(5-6)16-3/h4-5H,1-3H3. The van der Waals surface area contributed by atoms with Gasteiger partial charge in [-0.3, -0.25) is 0 Å². The van der Waals surface area contributed by atoms with E-state index in [1.165, 1.54) is 7.11 Å². The van der Waals surface area contributed by atoms with Gasteiger partial charge in [0.25, 0.3) is 0 Å². The maximum atomic E-state index is 12.7. The Morgan fingerprint density at radius 1 is 0.875 bits per heavy atom. The molecule has 0 saturated carbocycles. The number of halogens is 3. The minimum Gasteiger partial charge on any atom is -0.496 e. The molecular weight excluding hydrogens is 225 g/mol. The minimum atomic E-state index is -4.54. The van der Waals surface area contributed by atoms with Crippen LogP contribution in [0.2, 0.25) is 0 Å². The van der Waals surface area contributed by atoms with E-state index in [2.05, 4.69) is 9.47 Å². The van der Waals surface area contributed by atoms with Gasteiger partial charge in [-0.1, -0.05) is 0 Å². The van der Waals surface area contributed by atoms with Crippen molar-refractivity contribution in [2.75, 3.05) is 21.3 Å². The van der Waals surface area contributed by atoms with Crippen molar-refractivity contribution in [2.24, 2.45) is 0 Å². The zero-order chi connectivity index (χ0) is 12.3. The molecule has 0 aliphatic rings. The Labute approximate surface area is 90.7 Å². The van der Waals surface area contributed by atoms with Crippen LogP contribution in [0.25, 0.3) is 0 Å². The second-order valence-electron chi connectivity index (χ2n) is 2.90. The highest BCUT2D eigenvalue weighted by molar-refractivity contribution is 5.52. The smallest absolute Gasteiger partial charge is 0.423 e. The first-order valence-electron chi connectivity index (χ1n) is 4.31. The summed E-state index contributed by atoms with van der Waals surface area (Å²) in [4.78, 5) is 0. The summed E-state index contributed by atoms with van der Waals surface area (Å²) in [6.45, 7) is 0. The molecule has 0 aromatic heterocycles. The van der Waals surface area contributed by atoms with Crippen LogP contribution in [-0.2, 0) is 6.18 Å². The van der Waals surface area contributed by atoms with Gasteiger partial charge in [0.15, 0.2) is 0 Å². The van der Waals surface area contributed by atoms with Crippen molar-refractivity contribution in [1.29, 1.82) is 0 Å². The van der Waals surface area contributed by atoms with Gasteiger partial charge in [0, 0.05) is 12.1 Å². The van der Waals surface area contributed by atoms with Gasteiger partial charge in [-0.2, -0.15) is 13.2 Å². The Bertz CT molecular complexity index is 349. The molecule has 0 saturated heterocycles. The van der Waals surface area contributed by atoms with Crippen LogP contribution >= 0.6 is 0 Å². The van der Waals surface area contributed by atoms with Gasteiger partial charge in [0.1, 0.15) is 22.8 Å². The highest BCUT2D eigenvalue weighted by Gasteiger charge is 2.38. The summed E-state index contributed by atoms with van der Waals surface area (Å²) in [7, 11) is 3.66. The van der Waals surface area contributed by atoms with Gasteiger partial charge in [-0.15, -0.1) is 0 Å². The molecule has 0 unspecified atom stereocenters. The third-order valence-corrected chi connectivity index (χ3v) is 2.00. The van der Waals surface area contributed by atoms with Crippen LogP contribution in [0.3, 0.4) is 0 Å². The molecule has 3 nitrogen and oxygen atoms in total. The molecule has 0 bridgehead atoms. The van der Waals surface area contributed by atoms with Gasteiger partial charge in [0.2, 0.25) is 0 Å². The zero-order valence-electron chi connectivity index (χ0n) is 9.01. The number of hydrogen-bond donors (Lipinski definition) is 0. The zero-order valence-corrected chi connectivity index (χ0v) is 9.01. The van der Waals surface area contributed by atoms with E-state index in [1.807, 2.05) is 0 Å². The average molecular weight is 236 g/mol. The first-order chi connectivity index (χ1) is 7.43. The Morgan fingerprint density at radius 2 is 1.31 bits per heavy atom. The third kappa shape index (κ3) is 2.32. The molecule has 0 spiro atoms. The van der Waals surface area contributed by atoms with Gasteiger partial charge in [0.05, 0.1) is 21.3 Å². The van der Waals surface area contributed by atoms with E-state index in [0.717, 1.165) is 26.4 Å². The topological polar surface area (TPSA) is 27.7 Å². The largest absolute Gasteiger partial charge is 0.496 e.